The molecule has 3 saturated carbocycles. The van der Waals surface area contributed by atoms with Crippen LogP contribution in [0.2, 0.25) is 0 Å². The monoisotopic (exact) mass is 153 g/mol. The summed E-state index contributed by atoms with van der Waals surface area (Å²) < 4.78 is 13.5. The van der Waals surface area contributed by atoms with Gasteiger partial charge in [0.15, 0.2) is 0 Å². The van der Waals surface area contributed by atoms with E-state index in [0.717, 1.165) is 19.3 Å². The molecule has 0 saturated heterocycles. The average Bonchev–Trinajstić information content (AvgIpc) is 2.07. The van der Waals surface area contributed by atoms with E-state index in [0.29, 0.717) is 19.3 Å². The molecule has 0 amide bonds. The molecule has 11 heavy (non-hydrogen) atoms. The number of alkyl halides is 1. The first kappa shape index (κ1) is 7.09. The van der Waals surface area contributed by atoms with Crippen LogP contribution in [0.15, 0.2) is 0 Å². The number of hydrogen-bond donors (Lipinski definition) is 0. The smallest absolute Gasteiger partial charge is 0.111 e. The highest BCUT2D eigenvalue weighted by Crippen LogP contribution is 2.53. The highest BCUT2D eigenvalue weighted by Gasteiger charge is 2.49. The molecule has 0 heterocycles. The quantitative estimate of drug-likeness (QED) is 0.524. The van der Waals surface area contributed by atoms with Crippen LogP contribution in [0.4, 0.5) is 4.39 Å². The Balaban J connectivity index is 2.20. The van der Waals surface area contributed by atoms with Gasteiger partial charge in [0.05, 0.1) is 11.5 Å². The van der Waals surface area contributed by atoms with Crippen molar-refractivity contribution < 1.29 is 4.39 Å². The van der Waals surface area contributed by atoms with Crippen LogP contribution in [-0.4, -0.2) is 5.67 Å². The predicted octanol–water partition coefficient (Wildman–Crippen LogP) is 2.57. The maximum atomic E-state index is 13.5. The molecule has 0 aromatic rings. The molecule has 3 aliphatic rings. The van der Waals surface area contributed by atoms with Crippen LogP contribution in [0.5, 0.6) is 0 Å². The lowest BCUT2D eigenvalue weighted by Gasteiger charge is -2.45. The summed E-state index contributed by atoms with van der Waals surface area (Å²) in [6.07, 6.45) is 4.25. The van der Waals surface area contributed by atoms with E-state index in [4.69, 9.17) is 5.26 Å². The van der Waals surface area contributed by atoms with E-state index in [2.05, 4.69) is 6.07 Å². The first-order valence-electron chi connectivity index (χ1n) is 4.28. The predicted molar refractivity (Wildman–Crippen MR) is 39.6 cm³/mol. The summed E-state index contributed by atoms with van der Waals surface area (Å²) in [5.74, 6) is 0. The third-order valence-electron chi connectivity index (χ3n) is 3.39. The summed E-state index contributed by atoms with van der Waals surface area (Å²) in [5, 5.41) is 8.88. The van der Waals surface area contributed by atoms with Gasteiger partial charge in [0.25, 0.3) is 0 Å². The van der Waals surface area contributed by atoms with Crippen molar-refractivity contribution >= 4 is 0 Å². The number of nitrogens with zero attached hydrogens (tertiary/aromatic N) is 1. The highest BCUT2D eigenvalue weighted by atomic mass is 19.1. The standard InChI is InChI=1S/C9H12FN/c10-9-4-1-8(7-11,2-5-9)3-6-9/h1-6H2. The second-order valence-corrected chi connectivity index (χ2v) is 4.04. The minimum absolute atomic E-state index is 0.131. The molecule has 0 aliphatic heterocycles. The Morgan fingerprint density at radius 1 is 1.00 bits per heavy atom. The summed E-state index contributed by atoms with van der Waals surface area (Å²) >= 11 is 0. The highest BCUT2D eigenvalue weighted by molar-refractivity contribution is 5.09. The van der Waals surface area contributed by atoms with Crippen molar-refractivity contribution in [1.29, 1.82) is 5.26 Å². The summed E-state index contributed by atoms with van der Waals surface area (Å²) in [5.41, 5.74) is -1.02. The second kappa shape index (κ2) is 1.97. The molecule has 2 bridgehead atoms. The Kier molecular flexibility index (Phi) is 1.27. The Bertz CT molecular complexity index is 192. The van der Waals surface area contributed by atoms with Gasteiger partial charge >= 0.3 is 0 Å². The number of rotatable bonds is 0. The van der Waals surface area contributed by atoms with E-state index in [9.17, 15) is 4.39 Å². The van der Waals surface area contributed by atoms with E-state index in [1.54, 1.807) is 0 Å². The Labute approximate surface area is 66.2 Å². The number of fused-ring (bicyclic) bond motifs is 3. The van der Waals surface area contributed by atoms with Gasteiger partial charge in [-0.1, -0.05) is 0 Å². The maximum absolute atomic E-state index is 13.5. The third kappa shape index (κ3) is 0.946. The fraction of sp³-hybridized carbons (Fsp3) is 0.889. The van der Waals surface area contributed by atoms with Gasteiger partial charge in [-0.2, -0.15) is 5.26 Å². The normalized spacial score (nSPS) is 48.7. The summed E-state index contributed by atoms with van der Waals surface area (Å²) in [6, 6.07) is 2.36. The second-order valence-electron chi connectivity index (χ2n) is 4.04. The molecular formula is C9H12FN. The van der Waals surface area contributed by atoms with Gasteiger partial charge in [-0.3, -0.25) is 0 Å². The summed E-state index contributed by atoms with van der Waals surface area (Å²) in [6.45, 7) is 0. The van der Waals surface area contributed by atoms with Crippen molar-refractivity contribution in [1.82, 2.24) is 0 Å². The molecular weight excluding hydrogens is 141 g/mol. The lowest BCUT2D eigenvalue weighted by Crippen LogP contribution is -2.42. The van der Waals surface area contributed by atoms with Crippen LogP contribution in [-0.2, 0) is 0 Å². The molecule has 60 valence electrons. The largest absolute Gasteiger partial charge is 0.244 e. The Morgan fingerprint density at radius 3 is 1.82 bits per heavy atom. The molecule has 0 radical (unpaired) electrons. The van der Waals surface area contributed by atoms with E-state index < -0.39 is 5.67 Å². The molecule has 0 spiro atoms. The first-order chi connectivity index (χ1) is 5.18. The number of nitriles is 1. The van der Waals surface area contributed by atoms with Crippen molar-refractivity contribution in [2.75, 3.05) is 0 Å². The van der Waals surface area contributed by atoms with Crippen LogP contribution in [0.25, 0.3) is 0 Å². The van der Waals surface area contributed by atoms with Gasteiger partial charge in [-0.15, -0.1) is 0 Å². The molecule has 3 fully saturated rings. The van der Waals surface area contributed by atoms with E-state index in [1.807, 2.05) is 0 Å². The minimum Gasteiger partial charge on any atom is -0.244 e. The molecule has 0 unspecified atom stereocenters. The van der Waals surface area contributed by atoms with Gasteiger partial charge in [0.1, 0.15) is 5.67 Å². The van der Waals surface area contributed by atoms with Gasteiger partial charge in [-0.25, -0.2) is 4.39 Å². The van der Waals surface area contributed by atoms with Crippen molar-refractivity contribution in [3.8, 4) is 6.07 Å². The number of hydrogen-bond acceptors (Lipinski definition) is 1. The van der Waals surface area contributed by atoms with Gasteiger partial charge in [0.2, 0.25) is 0 Å². The summed E-state index contributed by atoms with van der Waals surface area (Å²) in [4.78, 5) is 0. The van der Waals surface area contributed by atoms with Crippen molar-refractivity contribution in [2.45, 2.75) is 44.2 Å². The van der Waals surface area contributed by atoms with E-state index in [1.165, 1.54) is 0 Å². The zero-order valence-corrected chi connectivity index (χ0v) is 6.57. The molecule has 3 rings (SSSR count). The van der Waals surface area contributed by atoms with Crippen LogP contribution >= 0.6 is 0 Å². The lowest BCUT2D eigenvalue weighted by molar-refractivity contribution is -0.00719. The zero-order chi connectivity index (χ0) is 7.95. The van der Waals surface area contributed by atoms with Crippen LogP contribution in [0, 0.1) is 16.7 Å². The topological polar surface area (TPSA) is 23.8 Å². The van der Waals surface area contributed by atoms with Crippen LogP contribution in [0.3, 0.4) is 0 Å². The van der Waals surface area contributed by atoms with Gasteiger partial charge in [0, 0.05) is 0 Å². The maximum Gasteiger partial charge on any atom is 0.111 e. The minimum atomic E-state index is -0.890. The van der Waals surface area contributed by atoms with Crippen molar-refractivity contribution in [2.24, 2.45) is 5.41 Å². The first-order valence-corrected chi connectivity index (χ1v) is 4.28. The molecule has 3 aliphatic carbocycles. The summed E-state index contributed by atoms with van der Waals surface area (Å²) in [7, 11) is 0. The molecule has 0 atom stereocenters. The van der Waals surface area contributed by atoms with E-state index in [-0.39, 0.29) is 5.41 Å². The fourth-order valence-electron chi connectivity index (χ4n) is 2.31. The zero-order valence-electron chi connectivity index (χ0n) is 6.57. The SMILES string of the molecule is N#CC12CCC(F)(CC1)CC2. The Morgan fingerprint density at radius 2 is 1.45 bits per heavy atom. The third-order valence-corrected chi connectivity index (χ3v) is 3.39. The van der Waals surface area contributed by atoms with Gasteiger partial charge < -0.3 is 0 Å². The number of halogens is 1. The van der Waals surface area contributed by atoms with Crippen LogP contribution < -0.4 is 0 Å². The average molecular weight is 153 g/mol. The molecule has 0 aromatic carbocycles. The Hall–Kier alpha value is -0.580. The van der Waals surface area contributed by atoms with E-state index >= 15 is 0 Å². The lowest BCUT2D eigenvalue weighted by atomic mass is 9.60. The van der Waals surface area contributed by atoms with Gasteiger partial charge in [-0.05, 0) is 38.5 Å². The van der Waals surface area contributed by atoms with Crippen molar-refractivity contribution in [3.05, 3.63) is 0 Å². The van der Waals surface area contributed by atoms with Crippen molar-refractivity contribution in [3.63, 3.8) is 0 Å². The molecule has 1 nitrogen and oxygen atoms in total. The molecule has 0 N–H and O–H groups in total. The molecule has 2 heteroatoms. The fourth-order valence-corrected chi connectivity index (χ4v) is 2.31. The van der Waals surface area contributed by atoms with Crippen LogP contribution in [0.1, 0.15) is 38.5 Å². The molecule has 0 aromatic heterocycles.